The number of hydrogen-bond donors (Lipinski definition) is 2. The smallest absolute Gasteiger partial charge is 0.243 e. The predicted octanol–water partition coefficient (Wildman–Crippen LogP) is 2.93. The fourth-order valence-corrected chi connectivity index (χ4v) is 3.61. The van der Waals surface area contributed by atoms with E-state index in [1.165, 1.54) is 4.68 Å². The highest BCUT2D eigenvalue weighted by atomic mass is 32.2. The van der Waals surface area contributed by atoms with Crippen LogP contribution in [-0.4, -0.2) is 43.8 Å². The first kappa shape index (κ1) is 23.3. The molecule has 12 heteroatoms. The van der Waals surface area contributed by atoms with Crippen LogP contribution >= 0.6 is 11.8 Å². The summed E-state index contributed by atoms with van der Waals surface area (Å²) in [6.07, 6.45) is 0. The molecule has 0 aliphatic heterocycles. The lowest BCUT2D eigenvalue weighted by Gasteiger charge is -2.13. The van der Waals surface area contributed by atoms with Crippen LogP contribution in [0.3, 0.4) is 0 Å². The summed E-state index contributed by atoms with van der Waals surface area (Å²) in [6, 6.07) is 7.35. The van der Waals surface area contributed by atoms with Gasteiger partial charge in [0.05, 0.1) is 23.2 Å². The van der Waals surface area contributed by atoms with Crippen molar-refractivity contribution < 1.29 is 22.8 Å². The maximum Gasteiger partial charge on any atom is 0.243 e. The van der Waals surface area contributed by atoms with Crippen molar-refractivity contribution in [2.75, 3.05) is 11.9 Å². The number of tetrazole rings is 1. The fourth-order valence-electron chi connectivity index (χ4n) is 2.79. The van der Waals surface area contributed by atoms with Gasteiger partial charge in [0.1, 0.15) is 0 Å². The Morgan fingerprint density at radius 2 is 1.88 bits per heavy atom. The van der Waals surface area contributed by atoms with Crippen molar-refractivity contribution in [3.63, 3.8) is 0 Å². The molecule has 0 spiro atoms. The first-order chi connectivity index (χ1) is 15.2. The number of hydrogen-bond acceptors (Lipinski definition) is 6. The fraction of sp³-hybridized carbons (Fsp3) is 0.250. The Labute approximate surface area is 185 Å². The molecule has 32 heavy (non-hydrogen) atoms. The lowest BCUT2D eigenvalue weighted by Crippen LogP contribution is -2.37. The van der Waals surface area contributed by atoms with Gasteiger partial charge in [-0.1, -0.05) is 29.5 Å². The molecule has 1 heterocycles. The van der Waals surface area contributed by atoms with Gasteiger partial charge >= 0.3 is 0 Å². The molecule has 3 aromatic rings. The summed E-state index contributed by atoms with van der Waals surface area (Å²) >= 11 is 1.09. The third-order valence-corrected chi connectivity index (χ3v) is 5.44. The molecule has 0 unspecified atom stereocenters. The Hall–Kier alpha value is -3.41. The summed E-state index contributed by atoms with van der Waals surface area (Å²) in [7, 11) is 0. The molecule has 1 aromatic heterocycles. The van der Waals surface area contributed by atoms with Gasteiger partial charge < -0.3 is 10.6 Å². The van der Waals surface area contributed by atoms with Crippen molar-refractivity contribution in [1.29, 1.82) is 0 Å². The zero-order chi connectivity index (χ0) is 23.4. The normalized spacial score (nSPS) is 11.8. The molecule has 168 valence electrons. The number of benzene rings is 2. The second-order valence-corrected chi connectivity index (χ2v) is 8.22. The number of carbonyl (C=O) groups is 2. The summed E-state index contributed by atoms with van der Waals surface area (Å²) in [5.74, 6) is -5.89. The van der Waals surface area contributed by atoms with Gasteiger partial charge in [-0.3, -0.25) is 9.59 Å². The molecule has 1 atom stereocenters. The van der Waals surface area contributed by atoms with Crippen LogP contribution in [0.15, 0.2) is 35.5 Å². The largest absolute Gasteiger partial charge is 0.346 e. The van der Waals surface area contributed by atoms with Crippen LogP contribution in [0.1, 0.15) is 18.1 Å². The number of amides is 2. The van der Waals surface area contributed by atoms with Crippen molar-refractivity contribution in [1.82, 2.24) is 25.5 Å². The highest BCUT2D eigenvalue weighted by molar-refractivity contribution is 8.00. The van der Waals surface area contributed by atoms with Gasteiger partial charge in [-0.2, -0.15) is 4.68 Å². The first-order valence-corrected chi connectivity index (χ1v) is 10.3. The van der Waals surface area contributed by atoms with Crippen LogP contribution < -0.4 is 10.6 Å². The van der Waals surface area contributed by atoms with Crippen molar-refractivity contribution >= 4 is 29.3 Å². The van der Waals surface area contributed by atoms with E-state index < -0.39 is 46.7 Å². The van der Waals surface area contributed by atoms with Gasteiger partial charge in [-0.05, 0) is 55.0 Å². The topological polar surface area (TPSA) is 102 Å². The third-order valence-electron chi connectivity index (χ3n) is 4.41. The molecule has 0 aliphatic rings. The van der Waals surface area contributed by atoms with Crippen molar-refractivity contribution in [2.24, 2.45) is 0 Å². The Morgan fingerprint density at radius 1 is 1.12 bits per heavy atom. The van der Waals surface area contributed by atoms with Gasteiger partial charge in [0, 0.05) is 0 Å². The van der Waals surface area contributed by atoms with E-state index in [0.29, 0.717) is 11.2 Å². The molecule has 3 rings (SSSR count). The van der Waals surface area contributed by atoms with E-state index in [0.717, 1.165) is 34.6 Å². The van der Waals surface area contributed by atoms with E-state index >= 15 is 0 Å². The monoisotopic (exact) mass is 464 g/mol. The van der Waals surface area contributed by atoms with E-state index in [1.807, 2.05) is 32.0 Å². The molecule has 0 aliphatic carbocycles. The third kappa shape index (κ3) is 5.25. The van der Waals surface area contributed by atoms with Crippen LogP contribution in [-0.2, 0) is 9.59 Å². The molecule has 0 saturated carbocycles. The summed E-state index contributed by atoms with van der Waals surface area (Å²) < 4.78 is 41.4. The van der Waals surface area contributed by atoms with Crippen molar-refractivity contribution in [3.8, 4) is 5.69 Å². The zero-order valence-electron chi connectivity index (χ0n) is 17.3. The highest BCUT2D eigenvalue weighted by Gasteiger charge is 2.21. The molecule has 2 amide bonds. The summed E-state index contributed by atoms with van der Waals surface area (Å²) in [5.41, 5.74) is 2.28. The molecule has 2 N–H and O–H groups in total. The molecular weight excluding hydrogens is 445 g/mol. The first-order valence-electron chi connectivity index (χ1n) is 9.41. The summed E-state index contributed by atoms with van der Waals surface area (Å²) in [5, 5.41) is 15.8. The number of rotatable bonds is 7. The molecule has 0 bridgehead atoms. The number of aromatic nitrogens is 4. The maximum atomic E-state index is 13.6. The van der Waals surface area contributed by atoms with Gasteiger partial charge in [-0.15, -0.1) is 5.10 Å². The minimum absolute atomic E-state index is 0.382. The van der Waals surface area contributed by atoms with Crippen molar-refractivity contribution in [3.05, 3.63) is 58.9 Å². The van der Waals surface area contributed by atoms with Crippen LogP contribution in [0.5, 0.6) is 0 Å². The van der Waals surface area contributed by atoms with Crippen LogP contribution in [0.25, 0.3) is 5.69 Å². The Kier molecular flexibility index (Phi) is 7.13. The zero-order valence-corrected chi connectivity index (χ0v) is 18.1. The van der Waals surface area contributed by atoms with E-state index in [4.69, 9.17) is 0 Å². The van der Waals surface area contributed by atoms with Gasteiger partial charge in [-0.25, -0.2) is 13.2 Å². The van der Waals surface area contributed by atoms with Crippen molar-refractivity contribution in [2.45, 2.75) is 31.2 Å². The number of thioether (sulfide) groups is 1. The SMILES string of the molecule is Cc1ccc(-n2nnnc2S[C@H](C)C(=O)NCC(=O)Nc2ccc(F)c(F)c2F)c(C)c1. The molecule has 2 aromatic carbocycles. The van der Waals surface area contributed by atoms with Crippen LogP contribution in [0.4, 0.5) is 18.9 Å². The average Bonchev–Trinajstić information content (AvgIpc) is 3.20. The Morgan fingerprint density at radius 3 is 2.59 bits per heavy atom. The molecule has 0 radical (unpaired) electrons. The molecule has 0 saturated heterocycles. The Bertz CT molecular complexity index is 1170. The molecular formula is C20H19F3N6O2S. The van der Waals surface area contributed by atoms with E-state index in [2.05, 4.69) is 26.2 Å². The number of anilines is 1. The standard InChI is InChI=1S/C20H19F3N6O2S/c1-10-4-7-15(11(2)8-10)29-20(26-27-28-29)32-12(3)19(31)24-9-16(30)25-14-6-5-13(21)17(22)18(14)23/h4-8,12H,9H2,1-3H3,(H,24,31)(H,25,30)/t12-/m1/s1. The molecule has 8 nitrogen and oxygen atoms in total. The van der Waals surface area contributed by atoms with E-state index in [1.54, 1.807) is 6.92 Å². The number of nitrogens with zero attached hydrogens (tertiary/aromatic N) is 4. The van der Waals surface area contributed by atoms with Gasteiger partial charge in [0.25, 0.3) is 0 Å². The van der Waals surface area contributed by atoms with E-state index in [9.17, 15) is 22.8 Å². The number of nitrogens with one attached hydrogen (secondary N) is 2. The predicted molar refractivity (Wildman–Crippen MR) is 112 cm³/mol. The second-order valence-electron chi connectivity index (χ2n) is 6.91. The second kappa shape index (κ2) is 9.81. The minimum atomic E-state index is -1.70. The van der Waals surface area contributed by atoms with Gasteiger partial charge in [0.15, 0.2) is 17.5 Å². The van der Waals surface area contributed by atoms with Gasteiger partial charge in [0.2, 0.25) is 17.0 Å². The average molecular weight is 464 g/mol. The highest BCUT2D eigenvalue weighted by Crippen LogP contribution is 2.25. The quantitative estimate of drug-likeness (QED) is 0.412. The number of aryl methyl sites for hydroxylation is 2. The molecule has 0 fully saturated rings. The Balaban J connectivity index is 1.59. The lowest BCUT2D eigenvalue weighted by atomic mass is 10.1. The summed E-state index contributed by atoms with van der Waals surface area (Å²) in [6.45, 7) is 5.00. The minimum Gasteiger partial charge on any atom is -0.346 e. The van der Waals surface area contributed by atoms with E-state index in [-0.39, 0.29) is 0 Å². The van der Waals surface area contributed by atoms with Crippen LogP contribution in [0.2, 0.25) is 0 Å². The number of carbonyl (C=O) groups excluding carboxylic acids is 2. The summed E-state index contributed by atoms with van der Waals surface area (Å²) in [4.78, 5) is 24.3. The lowest BCUT2D eigenvalue weighted by molar-refractivity contribution is -0.123. The van der Waals surface area contributed by atoms with Crippen LogP contribution in [0, 0.1) is 31.3 Å². The number of halogens is 3. The maximum absolute atomic E-state index is 13.6.